The van der Waals surface area contributed by atoms with E-state index in [0.29, 0.717) is 0 Å². The second kappa shape index (κ2) is 9.23. The number of hydrogen-bond acceptors (Lipinski definition) is 6. The quantitative estimate of drug-likeness (QED) is 0.315. The van der Waals surface area contributed by atoms with Gasteiger partial charge in [-0.05, 0) is 48.9 Å². The van der Waals surface area contributed by atoms with Crippen molar-refractivity contribution in [2.24, 2.45) is 5.10 Å². The van der Waals surface area contributed by atoms with E-state index in [-0.39, 0.29) is 38.6 Å². The second-order valence-electron chi connectivity index (χ2n) is 6.61. The Hall–Kier alpha value is -3.66. The number of rotatable bonds is 5. The van der Waals surface area contributed by atoms with Crippen LogP contribution in [0.5, 0.6) is 5.75 Å². The summed E-state index contributed by atoms with van der Waals surface area (Å²) in [6.45, 7) is 1.54. The van der Waals surface area contributed by atoms with Gasteiger partial charge in [-0.25, -0.2) is 10.2 Å². The van der Waals surface area contributed by atoms with Crippen LogP contribution in [0.15, 0.2) is 59.0 Å². The number of thiophene rings is 1. The minimum absolute atomic E-state index is 0.219. The van der Waals surface area contributed by atoms with E-state index in [0.717, 1.165) is 23.5 Å². The van der Waals surface area contributed by atoms with Gasteiger partial charge in [-0.15, -0.1) is 11.3 Å². The van der Waals surface area contributed by atoms with Gasteiger partial charge in [0.1, 0.15) is 5.75 Å². The van der Waals surface area contributed by atoms with Gasteiger partial charge in [0.25, 0.3) is 5.91 Å². The molecule has 32 heavy (non-hydrogen) atoms. The molecule has 1 amide bonds. The number of carbonyl (C=O) groups excluding carboxylic acids is 2. The van der Waals surface area contributed by atoms with E-state index in [4.69, 9.17) is 0 Å². The number of nitrogens with one attached hydrogen (secondary N) is 1. The minimum Gasteiger partial charge on any atom is -0.506 e. The molecule has 0 aliphatic heterocycles. The van der Waals surface area contributed by atoms with Crippen LogP contribution in [0.25, 0.3) is 10.4 Å². The van der Waals surface area contributed by atoms with Crippen molar-refractivity contribution in [3.05, 3.63) is 76.2 Å². The summed E-state index contributed by atoms with van der Waals surface area (Å²) in [5.74, 6) is -1.31. The highest BCUT2D eigenvalue weighted by molar-refractivity contribution is 7.14. The zero-order valence-corrected chi connectivity index (χ0v) is 17.7. The van der Waals surface area contributed by atoms with Crippen molar-refractivity contribution in [1.29, 1.82) is 0 Å². The molecule has 1 heterocycles. The van der Waals surface area contributed by atoms with Crippen LogP contribution in [0.2, 0.25) is 0 Å². The predicted octanol–water partition coefficient (Wildman–Crippen LogP) is 5.08. The standard InChI is InChI=1S/C22H17F3N2O4S/c1-12(26-27-20(29)13-6-8-14(9-7-13)21(30)31-2)17-11-32-19(18(17)28)15-4-3-5-16(10-15)22(23,24)25/h3-11,28H,1-2H3,(H,27,29)/b26-12-. The number of benzene rings is 2. The van der Waals surface area contributed by atoms with Crippen molar-refractivity contribution >= 4 is 28.9 Å². The molecule has 0 fully saturated rings. The summed E-state index contributed by atoms with van der Waals surface area (Å²) >= 11 is 1.06. The third kappa shape index (κ3) is 4.97. The monoisotopic (exact) mass is 462 g/mol. The molecule has 6 nitrogen and oxygen atoms in total. The molecule has 0 saturated heterocycles. The van der Waals surface area contributed by atoms with Crippen molar-refractivity contribution in [2.75, 3.05) is 7.11 Å². The maximum absolute atomic E-state index is 13.0. The lowest BCUT2D eigenvalue weighted by atomic mass is 10.1. The average Bonchev–Trinajstić information content (AvgIpc) is 3.17. The number of esters is 1. The van der Waals surface area contributed by atoms with E-state index >= 15 is 0 Å². The third-order valence-electron chi connectivity index (χ3n) is 4.50. The number of aromatic hydroxyl groups is 1. The molecule has 1 aromatic heterocycles. The van der Waals surface area contributed by atoms with Gasteiger partial charge in [-0.3, -0.25) is 4.79 Å². The molecule has 166 valence electrons. The predicted molar refractivity (Wildman–Crippen MR) is 114 cm³/mol. The summed E-state index contributed by atoms with van der Waals surface area (Å²) < 4.78 is 43.5. The lowest BCUT2D eigenvalue weighted by Gasteiger charge is -2.08. The number of alkyl halides is 3. The van der Waals surface area contributed by atoms with Gasteiger partial charge in [0, 0.05) is 10.9 Å². The summed E-state index contributed by atoms with van der Waals surface area (Å²) in [5, 5.41) is 16.0. The van der Waals surface area contributed by atoms with E-state index in [2.05, 4.69) is 15.3 Å². The van der Waals surface area contributed by atoms with Crippen LogP contribution in [-0.4, -0.2) is 29.8 Å². The minimum atomic E-state index is -4.50. The van der Waals surface area contributed by atoms with Crippen LogP contribution >= 0.6 is 11.3 Å². The number of hydrazone groups is 1. The van der Waals surface area contributed by atoms with E-state index in [1.165, 1.54) is 43.5 Å². The summed E-state index contributed by atoms with van der Waals surface area (Å²) in [5.41, 5.74) is 2.81. The Bertz CT molecular complexity index is 1180. The van der Waals surface area contributed by atoms with Gasteiger partial charge >= 0.3 is 12.1 Å². The first-order valence-corrected chi connectivity index (χ1v) is 10.0. The maximum Gasteiger partial charge on any atom is 0.416 e. The Labute approximate surface area is 185 Å². The number of hydrogen-bond donors (Lipinski definition) is 2. The zero-order valence-electron chi connectivity index (χ0n) is 16.9. The molecule has 0 aliphatic carbocycles. The molecule has 0 spiro atoms. The number of amides is 1. The van der Waals surface area contributed by atoms with Crippen molar-refractivity contribution in [1.82, 2.24) is 5.43 Å². The fraction of sp³-hybridized carbons (Fsp3) is 0.136. The molecule has 0 radical (unpaired) electrons. The van der Waals surface area contributed by atoms with Crippen molar-refractivity contribution in [3.63, 3.8) is 0 Å². The SMILES string of the molecule is COC(=O)c1ccc(C(=O)N/N=C(/C)c2csc(-c3cccc(C(F)(F)F)c3)c2O)cc1. The molecule has 2 N–H and O–H groups in total. The summed E-state index contributed by atoms with van der Waals surface area (Å²) in [6.07, 6.45) is -4.50. The first-order valence-electron chi connectivity index (χ1n) is 9.13. The molecule has 3 aromatic rings. The molecule has 0 unspecified atom stereocenters. The molecule has 2 aromatic carbocycles. The Morgan fingerprint density at radius 2 is 1.75 bits per heavy atom. The number of methoxy groups -OCH3 is 1. The van der Waals surface area contributed by atoms with Crippen molar-refractivity contribution in [2.45, 2.75) is 13.1 Å². The average molecular weight is 462 g/mol. The summed E-state index contributed by atoms with van der Waals surface area (Å²) in [6, 6.07) is 10.4. The molecular formula is C22H17F3N2O4S. The van der Waals surface area contributed by atoms with Crippen LogP contribution in [0.3, 0.4) is 0 Å². The van der Waals surface area contributed by atoms with E-state index in [9.17, 15) is 27.9 Å². The van der Waals surface area contributed by atoms with Crippen molar-refractivity contribution in [3.8, 4) is 16.2 Å². The zero-order chi connectivity index (χ0) is 23.5. The summed E-state index contributed by atoms with van der Waals surface area (Å²) in [4.78, 5) is 24.0. The van der Waals surface area contributed by atoms with Crippen molar-refractivity contribution < 1.29 is 32.6 Å². The van der Waals surface area contributed by atoms with Gasteiger partial charge in [-0.2, -0.15) is 18.3 Å². The van der Waals surface area contributed by atoms with E-state index < -0.39 is 23.6 Å². The fourth-order valence-corrected chi connectivity index (χ4v) is 3.79. The van der Waals surface area contributed by atoms with Gasteiger partial charge in [-0.1, -0.05) is 12.1 Å². The third-order valence-corrected chi connectivity index (χ3v) is 5.52. The Morgan fingerprint density at radius 1 is 1.09 bits per heavy atom. The molecule has 10 heteroatoms. The largest absolute Gasteiger partial charge is 0.506 e. The molecular weight excluding hydrogens is 445 g/mol. The molecule has 0 bridgehead atoms. The summed E-state index contributed by atoms with van der Waals surface area (Å²) in [7, 11) is 1.25. The van der Waals surface area contributed by atoms with E-state index in [1.807, 2.05) is 0 Å². The van der Waals surface area contributed by atoms with Crippen LogP contribution in [0.1, 0.15) is 38.8 Å². The van der Waals surface area contributed by atoms with Gasteiger partial charge in [0.2, 0.25) is 0 Å². The lowest BCUT2D eigenvalue weighted by molar-refractivity contribution is -0.137. The highest BCUT2D eigenvalue weighted by Crippen LogP contribution is 2.40. The van der Waals surface area contributed by atoms with Crippen LogP contribution < -0.4 is 5.43 Å². The molecule has 3 rings (SSSR count). The second-order valence-corrected chi connectivity index (χ2v) is 7.49. The maximum atomic E-state index is 13.0. The smallest absolute Gasteiger partial charge is 0.416 e. The highest BCUT2D eigenvalue weighted by Gasteiger charge is 2.31. The van der Waals surface area contributed by atoms with Gasteiger partial charge in [0.05, 0.1) is 34.4 Å². The van der Waals surface area contributed by atoms with Crippen LogP contribution in [0.4, 0.5) is 13.2 Å². The van der Waals surface area contributed by atoms with Crippen LogP contribution in [0, 0.1) is 0 Å². The number of halogens is 3. The molecule has 0 saturated carbocycles. The number of ether oxygens (including phenoxy) is 1. The normalized spacial score (nSPS) is 11.8. The number of nitrogens with zero attached hydrogens (tertiary/aromatic N) is 1. The first kappa shape index (κ1) is 23.0. The Kier molecular flexibility index (Phi) is 6.64. The highest BCUT2D eigenvalue weighted by atomic mass is 32.1. The Balaban J connectivity index is 1.77. The first-order chi connectivity index (χ1) is 15.1. The molecule has 0 atom stereocenters. The topological polar surface area (TPSA) is 88.0 Å². The number of carbonyl (C=O) groups is 2. The Morgan fingerprint density at radius 3 is 2.38 bits per heavy atom. The van der Waals surface area contributed by atoms with Crippen LogP contribution in [-0.2, 0) is 10.9 Å². The van der Waals surface area contributed by atoms with Gasteiger partial charge < -0.3 is 9.84 Å². The fourth-order valence-electron chi connectivity index (χ4n) is 2.78. The lowest BCUT2D eigenvalue weighted by Crippen LogP contribution is -2.19. The van der Waals surface area contributed by atoms with E-state index in [1.54, 1.807) is 12.3 Å². The molecule has 0 aliphatic rings. The van der Waals surface area contributed by atoms with Gasteiger partial charge in [0.15, 0.2) is 0 Å².